The van der Waals surface area contributed by atoms with Crippen LogP contribution in [0.15, 0.2) is 12.4 Å². The van der Waals surface area contributed by atoms with Crippen LogP contribution in [0.25, 0.3) is 10.9 Å². The maximum Gasteiger partial charge on any atom is 0.224 e. The number of hydrogen-bond acceptors (Lipinski definition) is 8. The van der Waals surface area contributed by atoms with Crippen molar-refractivity contribution in [1.82, 2.24) is 19.9 Å². The van der Waals surface area contributed by atoms with Crippen LogP contribution < -0.4 is 10.1 Å². The molecule has 0 bridgehead atoms. The average molecular weight is 442 g/mol. The van der Waals surface area contributed by atoms with E-state index in [9.17, 15) is 9.90 Å². The van der Waals surface area contributed by atoms with Gasteiger partial charge >= 0.3 is 0 Å². The fraction of sp³-hybridized carbons (Fsp3) is 0.652. The van der Waals surface area contributed by atoms with Crippen molar-refractivity contribution in [3.63, 3.8) is 0 Å². The summed E-state index contributed by atoms with van der Waals surface area (Å²) in [7, 11) is 1.81. The Kier molecular flexibility index (Phi) is 6.10. The number of likely N-dealkylation sites (tertiary alicyclic amines) is 1. The minimum atomic E-state index is -0.217. The first-order valence-corrected chi connectivity index (χ1v) is 11.7. The fourth-order valence-electron chi connectivity index (χ4n) is 4.96. The smallest absolute Gasteiger partial charge is 0.224 e. The molecule has 2 aliphatic heterocycles. The first-order chi connectivity index (χ1) is 15.6. The number of amides is 1. The lowest BCUT2D eigenvalue weighted by atomic mass is 9.83. The number of nitrogens with one attached hydrogen (secondary N) is 1. The number of aliphatic hydroxyl groups excluding tert-OH is 1. The van der Waals surface area contributed by atoms with Crippen LogP contribution in [0.2, 0.25) is 0 Å². The highest BCUT2D eigenvalue weighted by molar-refractivity contribution is 5.87. The number of aliphatic hydroxyl groups is 1. The van der Waals surface area contributed by atoms with Crippen molar-refractivity contribution in [2.45, 2.75) is 69.1 Å². The second-order valence-corrected chi connectivity index (χ2v) is 9.23. The van der Waals surface area contributed by atoms with Gasteiger partial charge in [0, 0.05) is 50.8 Å². The Morgan fingerprint density at radius 1 is 1.12 bits per heavy atom. The predicted octanol–water partition coefficient (Wildman–Crippen LogP) is 2.24. The number of carbonyl (C=O) groups is 1. The molecule has 0 radical (unpaired) electrons. The third-order valence-corrected chi connectivity index (χ3v) is 6.87. The van der Waals surface area contributed by atoms with Crippen LogP contribution in [0.3, 0.4) is 0 Å². The minimum Gasteiger partial charge on any atom is -0.474 e. The lowest BCUT2D eigenvalue weighted by Gasteiger charge is -2.27. The van der Waals surface area contributed by atoms with E-state index in [1.807, 2.05) is 13.2 Å². The summed E-state index contributed by atoms with van der Waals surface area (Å²) >= 11 is 0. The van der Waals surface area contributed by atoms with Crippen molar-refractivity contribution in [3.05, 3.63) is 18.0 Å². The molecule has 32 heavy (non-hydrogen) atoms. The van der Waals surface area contributed by atoms with Gasteiger partial charge in [-0.3, -0.25) is 4.79 Å². The Morgan fingerprint density at radius 2 is 1.91 bits per heavy atom. The van der Waals surface area contributed by atoms with Gasteiger partial charge in [-0.15, -0.1) is 0 Å². The van der Waals surface area contributed by atoms with Gasteiger partial charge in [0.05, 0.1) is 36.3 Å². The second kappa shape index (κ2) is 9.15. The molecule has 3 aliphatic rings. The van der Waals surface area contributed by atoms with Gasteiger partial charge in [0.1, 0.15) is 6.10 Å². The molecule has 5 rings (SSSR count). The Bertz CT molecular complexity index is 972. The largest absolute Gasteiger partial charge is 0.474 e. The van der Waals surface area contributed by atoms with E-state index in [4.69, 9.17) is 14.5 Å². The highest BCUT2D eigenvalue weighted by atomic mass is 16.5. The molecular formula is C23H31N5O4. The lowest BCUT2D eigenvalue weighted by Crippen LogP contribution is -2.26. The molecule has 2 aromatic heterocycles. The Balaban J connectivity index is 1.46. The van der Waals surface area contributed by atoms with Gasteiger partial charge < -0.3 is 24.8 Å². The Labute approximate surface area is 187 Å². The van der Waals surface area contributed by atoms with Crippen molar-refractivity contribution < 1.29 is 19.4 Å². The van der Waals surface area contributed by atoms with E-state index in [-0.39, 0.29) is 24.2 Å². The quantitative estimate of drug-likeness (QED) is 0.727. The molecular weight excluding hydrogens is 410 g/mol. The molecule has 9 nitrogen and oxygen atoms in total. The summed E-state index contributed by atoms with van der Waals surface area (Å²) < 4.78 is 11.7. The fourth-order valence-corrected chi connectivity index (χ4v) is 4.96. The molecule has 2 aromatic rings. The predicted molar refractivity (Wildman–Crippen MR) is 119 cm³/mol. The van der Waals surface area contributed by atoms with E-state index in [1.165, 1.54) is 0 Å². The first-order valence-electron chi connectivity index (χ1n) is 11.7. The zero-order valence-electron chi connectivity index (χ0n) is 18.5. The number of likely N-dealkylation sites (N-methyl/N-ethyl adjacent to an activating group) is 1. The maximum absolute atomic E-state index is 11.9. The molecule has 0 spiro atoms. The molecule has 1 aliphatic carbocycles. The van der Waals surface area contributed by atoms with E-state index in [1.54, 1.807) is 11.1 Å². The number of carbonyl (C=O) groups excluding carboxylic acids is 1. The van der Waals surface area contributed by atoms with Crippen LogP contribution >= 0.6 is 0 Å². The number of pyridine rings is 1. The number of aromatic nitrogens is 3. The van der Waals surface area contributed by atoms with Crippen molar-refractivity contribution in [1.29, 1.82) is 0 Å². The Hall–Kier alpha value is -2.52. The summed E-state index contributed by atoms with van der Waals surface area (Å²) in [5, 5.41) is 14.1. The summed E-state index contributed by atoms with van der Waals surface area (Å²) in [5.41, 5.74) is 1.93. The van der Waals surface area contributed by atoms with Crippen LogP contribution in [0.1, 0.15) is 56.4 Å². The van der Waals surface area contributed by atoms with Crippen molar-refractivity contribution in [2.75, 3.05) is 32.1 Å². The number of ether oxygens (including phenoxy) is 2. The molecule has 172 valence electrons. The summed E-state index contributed by atoms with van der Waals surface area (Å²) in [4.78, 5) is 27.7. The minimum absolute atomic E-state index is 0.00183. The lowest BCUT2D eigenvalue weighted by molar-refractivity contribution is -0.126. The number of hydrogen-bond donors (Lipinski definition) is 2. The van der Waals surface area contributed by atoms with Crippen LogP contribution in [0, 0.1) is 0 Å². The summed E-state index contributed by atoms with van der Waals surface area (Å²) in [6.07, 6.45) is 9.07. The van der Waals surface area contributed by atoms with Crippen LogP contribution in [0.4, 0.5) is 5.95 Å². The highest BCUT2D eigenvalue weighted by Crippen LogP contribution is 2.38. The van der Waals surface area contributed by atoms with Crippen molar-refractivity contribution >= 4 is 22.8 Å². The van der Waals surface area contributed by atoms with Crippen LogP contribution in [0.5, 0.6) is 5.88 Å². The zero-order valence-corrected chi connectivity index (χ0v) is 18.5. The van der Waals surface area contributed by atoms with E-state index < -0.39 is 0 Å². The SMILES string of the molecule is CN1C[C@@H](Nc2ncc3c(OC4CCOCC4)ncc(C4CCC(O)CC4)c3n2)CC1=O. The average Bonchev–Trinajstić information content (AvgIpc) is 3.12. The van der Waals surface area contributed by atoms with E-state index in [0.29, 0.717) is 43.9 Å². The first kappa shape index (κ1) is 21.3. The monoisotopic (exact) mass is 441 g/mol. The molecule has 4 heterocycles. The van der Waals surface area contributed by atoms with Crippen LogP contribution in [-0.4, -0.2) is 75.9 Å². The topological polar surface area (TPSA) is 110 Å². The van der Waals surface area contributed by atoms with Crippen molar-refractivity contribution in [2.24, 2.45) is 0 Å². The molecule has 1 amide bonds. The molecule has 2 saturated heterocycles. The second-order valence-electron chi connectivity index (χ2n) is 9.23. The molecule has 0 aromatic carbocycles. The third-order valence-electron chi connectivity index (χ3n) is 6.87. The molecule has 2 N–H and O–H groups in total. The van der Waals surface area contributed by atoms with Gasteiger partial charge in [0.15, 0.2) is 0 Å². The molecule has 9 heteroatoms. The maximum atomic E-state index is 11.9. The number of rotatable bonds is 5. The van der Waals surface area contributed by atoms with Crippen LogP contribution in [-0.2, 0) is 9.53 Å². The van der Waals surface area contributed by atoms with E-state index in [2.05, 4.69) is 15.3 Å². The van der Waals surface area contributed by atoms with Gasteiger partial charge in [0.25, 0.3) is 0 Å². The molecule has 0 unspecified atom stereocenters. The van der Waals surface area contributed by atoms with Gasteiger partial charge in [0.2, 0.25) is 17.7 Å². The van der Waals surface area contributed by atoms with E-state index >= 15 is 0 Å². The van der Waals surface area contributed by atoms with Gasteiger partial charge in [-0.05, 0) is 31.6 Å². The summed E-state index contributed by atoms with van der Waals surface area (Å²) in [6, 6.07) is -0.00183. The van der Waals surface area contributed by atoms with E-state index in [0.717, 1.165) is 55.0 Å². The molecule has 1 atom stereocenters. The standard InChI is InChI=1S/C23H31N5O4/c1-28-13-15(10-20(28)30)26-23-25-12-19-21(27-23)18(14-2-4-16(29)5-3-14)11-24-22(19)32-17-6-8-31-9-7-17/h11-12,14-17,29H,2-10,13H2,1H3,(H,25,26,27)/t14?,15-,16?/m0/s1. The highest BCUT2D eigenvalue weighted by Gasteiger charge is 2.29. The number of anilines is 1. The third kappa shape index (κ3) is 4.49. The van der Waals surface area contributed by atoms with Crippen molar-refractivity contribution in [3.8, 4) is 5.88 Å². The van der Waals surface area contributed by atoms with Gasteiger partial charge in [-0.25, -0.2) is 15.0 Å². The van der Waals surface area contributed by atoms with Gasteiger partial charge in [-0.2, -0.15) is 0 Å². The molecule has 3 fully saturated rings. The number of nitrogens with zero attached hydrogens (tertiary/aromatic N) is 4. The zero-order chi connectivity index (χ0) is 22.1. The summed E-state index contributed by atoms with van der Waals surface area (Å²) in [5.74, 6) is 1.51. The summed E-state index contributed by atoms with van der Waals surface area (Å²) in [6.45, 7) is 2.04. The Morgan fingerprint density at radius 3 is 2.62 bits per heavy atom. The number of fused-ring (bicyclic) bond motifs is 1. The molecule has 1 saturated carbocycles. The normalized spacial score (nSPS) is 27.1. The van der Waals surface area contributed by atoms with Gasteiger partial charge in [-0.1, -0.05) is 0 Å².